The van der Waals surface area contributed by atoms with E-state index >= 15 is 0 Å². The average molecular weight is 384 g/mol. The molecule has 0 amide bonds. The molecule has 0 aliphatic heterocycles. The molecule has 0 fully saturated rings. The molecule has 7 heteroatoms. The van der Waals surface area contributed by atoms with Crippen LogP contribution in [0.4, 0.5) is 5.69 Å². The summed E-state index contributed by atoms with van der Waals surface area (Å²) in [6.45, 7) is 7.08. The van der Waals surface area contributed by atoms with Crippen LogP contribution in [0.1, 0.15) is 26.7 Å². The molecule has 0 spiro atoms. The van der Waals surface area contributed by atoms with E-state index in [-0.39, 0.29) is 0 Å². The van der Waals surface area contributed by atoms with E-state index in [4.69, 9.17) is 11.6 Å². The van der Waals surface area contributed by atoms with Crippen LogP contribution in [0.25, 0.3) is 10.9 Å². The lowest BCUT2D eigenvalue weighted by Crippen LogP contribution is -2.31. The Morgan fingerprint density at radius 2 is 1.96 bits per heavy atom. The fraction of sp³-hybridized carbons (Fsp3) is 0.500. The Labute approximate surface area is 155 Å². The highest BCUT2D eigenvalue weighted by molar-refractivity contribution is 7.91. The number of hydrogen-bond acceptors (Lipinski definition) is 5. The summed E-state index contributed by atoms with van der Waals surface area (Å²) in [7, 11) is -3.23. The second kappa shape index (κ2) is 8.83. The van der Waals surface area contributed by atoms with Crippen molar-refractivity contribution in [3.8, 4) is 0 Å². The fourth-order valence-electron chi connectivity index (χ4n) is 2.85. The highest BCUT2D eigenvalue weighted by atomic mass is 35.5. The van der Waals surface area contributed by atoms with Crippen LogP contribution in [0.2, 0.25) is 5.02 Å². The number of nitrogens with one attached hydrogen (secondary N) is 1. The molecule has 5 nitrogen and oxygen atoms in total. The van der Waals surface area contributed by atoms with Gasteiger partial charge in [-0.2, -0.15) is 0 Å². The van der Waals surface area contributed by atoms with E-state index in [1.165, 1.54) is 6.26 Å². The second-order valence-corrected chi connectivity index (χ2v) is 8.82. The molecule has 1 aromatic heterocycles. The first kappa shape index (κ1) is 19.9. The molecule has 0 saturated carbocycles. The van der Waals surface area contributed by atoms with Crippen molar-refractivity contribution in [2.75, 3.05) is 31.2 Å². The van der Waals surface area contributed by atoms with Crippen LogP contribution in [0.15, 0.2) is 30.5 Å². The van der Waals surface area contributed by atoms with E-state index in [1.807, 2.05) is 6.07 Å². The number of nitrogens with zero attached hydrogens (tertiary/aromatic N) is 2. The summed E-state index contributed by atoms with van der Waals surface area (Å²) in [6, 6.07) is 7.23. The number of benzene rings is 1. The standard InChI is InChI=1S/C18H26ClN3O2S/c1-4-22(5-2)12-6-7-18(25(3,23)24)21-16-10-11-20-17-13-14(19)8-9-15(16)17/h8-11,13,18H,4-7,12H2,1-3H3,(H,20,21). The Kier molecular flexibility index (Phi) is 7.04. The number of aromatic nitrogens is 1. The molecule has 138 valence electrons. The third kappa shape index (κ3) is 5.56. The summed E-state index contributed by atoms with van der Waals surface area (Å²) in [5, 5.41) is 4.05. The van der Waals surface area contributed by atoms with Crippen molar-refractivity contribution >= 4 is 38.0 Å². The van der Waals surface area contributed by atoms with E-state index in [1.54, 1.807) is 24.4 Å². The van der Waals surface area contributed by atoms with Gasteiger partial charge in [0.25, 0.3) is 0 Å². The third-order valence-electron chi connectivity index (χ3n) is 4.37. The maximum atomic E-state index is 12.2. The first-order chi connectivity index (χ1) is 11.8. The molecule has 1 heterocycles. The van der Waals surface area contributed by atoms with Gasteiger partial charge in [-0.25, -0.2) is 8.42 Å². The molecule has 0 radical (unpaired) electrons. The lowest BCUT2D eigenvalue weighted by atomic mass is 10.2. The molecule has 2 rings (SSSR count). The molecule has 0 bridgehead atoms. The van der Waals surface area contributed by atoms with Gasteiger partial charge in [-0.15, -0.1) is 0 Å². The number of fused-ring (bicyclic) bond motifs is 1. The minimum atomic E-state index is -3.23. The van der Waals surface area contributed by atoms with Gasteiger partial charge in [-0.05, 0) is 56.7 Å². The molecule has 0 saturated heterocycles. The highest BCUT2D eigenvalue weighted by Gasteiger charge is 2.21. The predicted molar refractivity (Wildman–Crippen MR) is 106 cm³/mol. The van der Waals surface area contributed by atoms with E-state index in [2.05, 4.69) is 29.0 Å². The van der Waals surface area contributed by atoms with Crippen LogP contribution in [-0.2, 0) is 9.84 Å². The number of anilines is 1. The maximum absolute atomic E-state index is 12.2. The largest absolute Gasteiger partial charge is 0.368 e. The van der Waals surface area contributed by atoms with Gasteiger partial charge in [0.05, 0.1) is 5.52 Å². The van der Waals surface area contributed by atoms with Crippen molar-refractivity contribution in [3.05, 3.63) is 35.5 Å². The molecule has 1 unspecified atom stereocenters. The summed E-state index contributed by atoms with van der Waals surface area (Å²) >= 11 is 6.01. The van der Waals surface area contributed by atoms with Gasteiger partial charge in [0, 0.05) is 28.5 Å². The Morgan fingerprint density at radius 3 is 2.60 bits per heavy atom. The van der Waals surface area contributed by atoms with Crippen molar-refractivity contribution in [3.63, 3.8) is 0 Å². The molecule has 25 heavy (non-hydrogen) atoms. The smallest absolute Gasteiger partial charge is 0.168 e. The van der Waals surface area contributed by atoms with Gasteiger partial charge in [0.15, 0.2) is 9.84 Å². The van der Waals surface area contributed by atoms with Crippen LogP contribution in [-0.4, -0.2) is 49.6 Å². The average Bonchev–Trinajstić information content (AvgIpc) is 2.56. The molecule has 1 N–H and O–H groups in total. The topological polar surface area (TPSA) is 62.3 Å². The molecular weight excluding hydrogens is 358 g/mol. The number of rotatable bonds is 9. The zero-order valence-electron chi connectivity index (χ0n) is 15.0. The number of sulfone groups is 1. The quantitative estimate of drug-likeness (QED) is 0.713. The first-order valence-corrected chi connectivity index (χ1v) is 10.9. The molecule has 0 aliphatic rings. The molecule has 2 aromatic rings. The van der Waals surface area contributed by atoms with Crippen molar-refractivity contribution < 1.29 is 8.42 Å². The summed E-state index contributed by atoms with van der Waals surface area (Å²) in [5.41, 5.74) is 1.51. The third-order valence-corrected chi connectivity index (χ3v) is 6.00. The lowest BCUT2D eigenvalue weighted by Gasteiger charge is -2.22. The Bertz CT molecular complexity index is 807. The van der Waals surface area contributed by atoms with Crippen molar-refractivity contribution in [1.82, 2.24) is 9.88 Å². The summed E-state index contributed by atoms with van der Waals surface area (Å²) in [4.78, 5) is 6.59. The predicted octanol–water partition coefficient (Wildman–Crippen LogP) is 3.79. The van der Waals surface area contributed by atoms with E-state index in [0.717, 1.165) is 42.6 Å². The molecule has 1 aromatic carbocycles. The number of hydrogen-bond donors (Lipinski definition) is 1. The monoisotopic (exact) mass is 383 g/mol. The van der Waals surface area contributed by atoms with Crippen LogP contribution in [0, 0.1) is 0 Å². The fourth-order valence-corrected chi connectivity index (χ4v) is 3.96. The van der Waals surface area contributed by atoms with Gasteiger partial charge in [-0.1, -0.05) is 25.4 Å². The summed E-state index contributed by atoms with van der Waals surface area (Å²) in [6.07, 6.45) is 4.33. The van der Waals surface area contributed by atoms with E-state index in [9.17, 15) is 8.42 Å². The maximum Gasteiger partial charge on any atom is 0.168 e. The number of halogens is 1. The van der Waals surface area contributed by atoms with Crippen LogP contribution in [0.3, 0.4) is 0 Å². The molecule has 1 atom stereocenters. The van der Waals surface area contributed by atoms with Gasteiger partial charge in [-0.3, -0.25) is 4.98 Å². The first-order valence-electron chi connectivity index (χ1n) is 8.57. The normalized spacial score (nSPS) is 13.3. The van der Waals surface area contributed by atoms with Gasteiger partial charge in [0.1, 0.15) is 5.37 Å². The Morgan fingerprint density at radius 1 is 1.24 bits per heavy atom. The van der Waals surface area contributed by atoms with Crippen LogP contribution >= 0.6 is 11.6 Å². The zero-order valence-corrected chi connectivity index (χ0v) is 16.6. The number of pyridine rings is 1. The summed E-state index contributed by atoms with van der Waals surface area (Å²) < 4.78 is 24.5. The van der Waals surface area contributed by atoms with Crippen molar-refractivity contribution in [2.45, 2.75) is 32.1 Å². The highest BCUT2D eigenvalue weighted by Crippen LogP contribution is 2.26. The summed E-state index contributed by atoms with van der Waals surface area (Å²) in [5.74, 6) is 0. The van der Waals surface area contributed by atoms with Gasteiger partial charge in [0.2, 0.25) is 0 Å². The van der Waals surface area contributed by atoms with E-state index < -0.39 is 15.2 Å². The van der Waals surface area contributed by atoms with Gasteiger partial charge >= 0.3 is 0 Å². The minimum absolute atomic E-state index is 0.562. The lowest BCUT2D eigenvalue weighted by molar-refractivity contribution is 0.297. The van der Waals surface area contributed by atoms with E-state index in [0.29, 0.717) is 11.4 Å². The molecular formula is C18H26ClN3O2S. The van der Waals surface area contributed by atoms with Crippen LogP contribution in [0.5, 0.6) is 0 Å². The van der Waals surface area contributed by atoms with Crippen LogP contribution < -0.4 is 5.32 Å². The molecule has 0 aliphatic carbocycles. The Balaban J connectivity index is 2.18. The van der Waals surface area contributed by atoms with Crippen molar-refractivity contribution in [2.24, 2.45) is 0 Å². The SMILES string of the molecule is CCN(CC)CCCC(Nc1ccnc2cc(Cl)ccc12)S(C)(=O)=O. The van der Waals surface area contributed by atoms with Crippen molar-refractivity contribution in [1.29, 1.82) is 0 Å². The minimum Gasteiger partial charge on any atom is -0.368 e. The second-order valence-electron chi connectivity index (χ2n) is 6.15. The Hall–Kier alpha value is -1.37. The zero-order chi connectivity index (χ0) is 18.4. The van der Waals surface area contributed by atoms with Gasteiger partial charge < -0.3 is 10.2 Å².